The van der Waals surface area contributed by atoms with Crippen molar-refractivity contribution in [3.8, 4) is 0 Å². The first-order valence-electron chi connectivity index (χ1n) is 7.39. The summed E-state index contributed by atoms with van der Waals surface area (Å²) in [6.45, 7) is 5.73. The summed E-state index contributed by atoms with van der Waals surface area (Å²) in [5, 5.41) is 0.397. The zero-order valence-electron chi connectivity index (χ0n) is 12.4. The Bertz CT molecular complexity index is 575. The number of fused-ring (bicyclic) bond motifs is 1. The maximum Gasteiger partial charge on any atom is 0.232 e. The number of amides is 2. The molecule has 0 aromatic heterocycles. The molecule has 0 saturated carbocycles. The van der Waals surface area contributed by atoms with Crippen LogP contribution in [0.1, 0.15) is 20.3 Å². The maximum atomic E-state index is 12.9. The number of carbonyl (C=O) groups excluding carboxylic acids is 2. The van der Waals surface area contributed by atoms with Gasteiger partial charge in [-0.05, 0) is 18.6 Å². The van der Waals surface area contributed by atoms with E-state index in [4.69, 9.17) is 0 Å². The molecule has 1 fully saturated rings. The second-order valence-corrected chi connectivity index (χ2v) is 7.28. The predicted molar refractivity (Wildman–Crippen MR) is 84.5 cm³/mol. The second kappa shape index (κ2) is 5.72. The Morgan fingerprint density at radius 2 is 2.00 bits per heavy atom. The molecule has 1 aromatic rings. The van der Waals surface area contributed by atoms with Crippen LogP contribution in [0.5, 0.6) is 0 Å². The number of nitrogens with zero attached hydrogens (tertiary/aromatic N) is 2. The monoisotopic (exact) mass is 304 g/mol. The summed E-state index contributed by atoms with van der Waals surface area (Å²) in [6, 6.07) is 8.09. The van der Waals surface area contributed by atoms with Crippen molar-refractivity contribution >= 4 is 29.3 Å². The molecule has 4 nitrogen and oxygen atoms in total. The van der Waals surface area contributed by atoms with Crippen molar-refractivity contribution in [3.05, 3.63) is 24.3 Å². The van der Waals surface area contributed by atoms with Crippen LogP contribution in [0, 0.1) is 5.92 Å². The van der Waals surface area contributed by atoms with Gasteiger partial charge in [0, 0.05) is 36.7 Å². The lowest BCUT2D eigenvalue weighted by molar-refractivity contribution is -0.128. The van der Waals surface area contributed by atoms with E-state index in [0.29, 0.717) is 18.3 Å². The molecule has 0 N–H and O–H groups in total. The van der Waals surface area contributed by atoms with E-state index in [9.17, 15) is 9.59 Å². The molecule has 2 aliphatic rings. The summed E-state index contributed by atoms with van der Waals surface area (Å²) in [7, 11) is 0. The molecule has 0 bridgehead atoms. The number of likely N-dealkylation sites (tertiary alicyclic amines) is 1. The van der Waals surface area contributed by atoms with Gasteiger partial charge in [0.2, 0.25) is 11.8 Å². The average Bonchev–Trinajstić information content (AvgIpc) is 2.95. The van der Waals surface area contributed by atoms with Gasteiger partial charge in [-0.25, -0.2) is 0 Å². The molecule has 2 atom stereocenters. The second-order valence-electron chi connectivity index (χ2n) is 5.80. The summed E-state index contributed by atoms with van der Waals surface area (Å²) < 4.78 is 0. The Kier molecular flexibility index (Phi) is 3.93. The minimum absolute atomic E-state index is 0.0581. The lowest BCUT2D eigenvalue weighted by atomic mass is 10.1. The van der Waals surface area contributed by atoms with Gasteiger partial charge < -0.3 is 9.80 Å². The highest BCUT2D eigenvalue weighted by atomic mass is 32.2. The Morgan fingerprint density at radius 1 is 1.24 bits per heavy atom. The molecular weight excluding hydrogens is 284 g/mol. The van der Waals surface area contributed by atoms with Crippen molar-refractivity contribution in [1.29, 1.82) is 0 Å². The molecule has 21 heavy (non-hydrogen) atoms. The van der Waals surface area contributed by atoms with Crippen LogP contribution in [0.4, 0.5) is 5.69 Å². The van der Waals surface area contributed by atoms with Gasteiger partial charge >= 0.3 is 0 Å². The maximum absolute atomic E-state index is 12.9. The molecule has 0 radical (unpaired) electrons. The van der Waals surface area contributed by atoms with Crippen molar-refractivity contribution in [3.63, 3.8) is 0 Å². The van der Waals surface area contributed by atoms with Crippen LogP contribution in [-0.4, -0.2) is 41.6 Å². The van der Waals surface area contributed by atoms with E-state index in [-0.39, 0.29) is 17.7 Å². The highest BCUT2D eigenvalue weighted by Gasteiger charge is 2.35. The molecular formula is C16H20N2O2S. The van der Waals surface area contributed by atoms with Gasteiger partial charge in [-0.1, -0.05) is 19.1 Å². The van der Waals surface area contributed by atoms with E-state index in [0.717, 1.165) is 18.7 Å². The summed E-state index contributed by atoms with van der Waals surface area (Å²) in [5.41, 5.74) is 1.02. The topological polar surface area (TPSA) is 40.6 Å². The van der Waals surface area contributed by atoms with Crippen LogP contribution in [-0.2, 0) is 9.59 Å². The van der Waals surface area contributed by atoms with Crippen LogP contribution in [0.2, 0.25) is 0 Å². The van der Waals surface area contributed by atoms with Gasteiger partial charge in [0.15, 0.2) is 0 Å². The molecule has 0 unspecified atom stereocenters. The average molecular weight is 304 g/mol. The predicted octanol–water partition coefficient (Wildman–Crippen LogP) is 2.38. The van der Waals surface area contributed by atoms with E-state index in [1.54, 1.807) is 11.8 Å². The van der Waals surface area contributed by atoms with E-state index in [1.165, 1.54) is 4.90 Å². The third kappa shape index (κ3) is 2.79. The molecule has 0 spiro atoms. The number of carbonyl (C=O) groups is 2. The number of hydrogen-bond acceptors (Lipinski definition) is 3. The van der Waals surface area contributed by atoms with Crippen LogP contribution >= 0.6 is 11.8 Å². The number of benzene rings is 1. The minimum Gasteiger partial charge on any atom is -0.342 e. The van der Waals surface area contributed by atoms with Crippen LogP contribution in [0.3, 0.4) is 0 Å². The summed E-state index contributed by atoms with van der Waals surface area (Å²) in [6.07, 6.45) is 0.776. The van der Waals surface area contributed by atoms with Gasteiger partial charge in [0.1, 0.15) is 0 Å². The van der Waals surface area contributed by atoms with Crippen LogP contribution in [0.15, 0.2) is 29.2 Å². The molecule has 5 heteroatoms. The van der Waals surface area contributed by atoms with Gasteiger partial charge in [0.05, 0.1) is 11.6 Å². The molecule has 2 amide bonds. The number of hydrogen-bond donors (Lipinski definition) is 0. The normalized spacial score (nSPS) is 24.9. The van der Waals surface area contributed by atoms with Crippen molar-refractivity contribution in [2.45, 2.75) is 30.4 Å². The fourth-order valence-corrected chi connectivity index (χ4v) is 4.18. The Labute approximate surface area is 129 Å². The van der Waals surface area contributed by atoms with E-state index < -0.39 is 0 Å². The van der Waals surface area contributed by atoms with Gasteiger partial charge in [-0.3, -0.25) is 9.59 Å². The summed E-state index contributed by atoms with van der Waals surface area (Å²) in [4.78, 5) is 29.2. The largest absolute Gasteiger partial charge is 0.342 e. The number of para-hydroxylation sites is 1. The molecule has 112 valence electrons. The van der Waals surface area contributed by atoms with E-state index in [2.05, 4.69) is 13.0 Å². The Balaban J connectivity index is 1.81. The minimum atomic E-state index is -0.0581. The highest BCUT2D eigenvalue weighted by molar-refractivity contribution is 8.00. The summed E-state index contributed by atoms with van der Waals surface area (Å²) in [5.74, 6) is 0.170. The van der Waals surface area contributed by atoms with Gasteiger partial charge in [-0.15, -0.1) is 11.8 Å². The molecule has 1 aromatic carbocycles. The van der Waals surface area contributed by atoms with Gasteiger partial charge in [0.25, 0.3) is 0 Å². The molecule has 0 aliphatic carbocycles. The third-order valence-electron chi connectivity index (χ3n) is 4.17. The van der Waals surface area contributed by atoms with E-state index >= 15 is 0 Å². The lowest BCUT2D eigenvalue weighted by Gasteiger charge is -2.34. The van der Waals surface area contributed by atoms with Crippen molar-refractivity contribution in [2.75, 3.05) is 24.5 Å². The first kappa shape index (κ1) is 14.4. The fraction of sp³-hybridized carbons (Fsp3) is 0.500. The summed E-state index contributed by atoms with van der Waals surface area (Å²) >= 11 is 1.82. The molecule has 1 saturated heterocycles. The van der Waals surface area contributed by atoms with Gasteiger partial charge in [-0.2, -0.15) is 0 Å². The Morgan fingerprint density at radius 3 is 2.71 bits per heavy atom. The number of rotatable bonds is 1. The smallest absolute Gasteiger partial charge is 0.232 e. The molecule has 2 heterocycles. The SMILES string of the molecule is CC(=O)N1CC[C@H](C(=O)N2C[C@H](C)Sc3ccccc32)C1. The zero-order chi connectivity index (χ0) is 15.0. The first-order chi connectivity index (χ1) is 10.1. The highest BCUT2D eigenvalue weighted by Crippen LogP contribution is 2.39. The number of thioether (sulfide) groups is 1. The van der Waals surface area contributed by atoms with Crippen LogP contribution < -0.4 is 4.90 Å². The fourth-order valence-electron chi connectivity index (χ4n) is 3.07. The van der Waals surface area contributed by atoms with E-state index in [1.807, 2.05) is 34.9 Å². The first-order valence-corrected chi connectivity index (χ1v) is 8.27. The Hall–Kier alpha value is -1.49. The zero-order valence-corrected chi connectivity index (χ0v) is 13.2. The standard InChI is InChI=1S/C16H20N2O2S/c1-11-9-18(14-5-3-4-6-15(14)21-11)16(20)13-7-8-17(10-13)12(2)19/h3-6,11,13H,7-10H2,1-2H3/t11-,13-/m0/s1. The van der Waals surface area contributed by atoms with Crippen molar-refractivity contribution < 1.29 is 9.59 Å². The van der Waals surface area contributed by atoms with Crippen molar-refractivity contribution in [2.24, 2.45) is 5.92 Å². The lowest BCUT2D eigenvalue weighted by Crippen LogP contribution is -2.43. The quantitative estimate of drug-likeness (QED) is 0.800. The molecule has 3 rings (SSSR count). The van der Waals surface area contributed by atoms with Crippen LogP contribution in [0.25, 0.3) is 0 Å². The van der Waals surface area contributed by atoms with Crippen molar-refractivity contribution in [1.82, 2.24) is 4.90 Å². The third-order valence-corrected chi connectivity index (χ3v) is 5.32. The number of anilines is 1. The molecule has 2 aliphatic heterocycles.